The number of amides is 1. The van der Waals surface area contributed by atoms with Crippen LogP contribution in [0.25, 0.3) is 0 Å². The summed E-state index contributed by atoms with van der Waals surface area (Å²) in [6.07, 6.45) is 0. The van der Waals surface area contributed by atoms with Crippen molar-refractivity contribution in [1.29, 1.82) is 5.26 Å². The zero-order valence-corrected chi connectivity index (χ0v) is 14.2. The van der Waals surface area contributed by atoms with Crippen molar-refractivity contribution < 1.29 is 4.79 Å². The van der Waals surface area contributed by atoms with E-state index in [4.69, 9.17) is 11.6 Å². The maximum Gasteiger partial charge on any atom is 0.354 e. The Morgan fingerprint density at radius 1 is 1.15 bits per heavy atom. The number of hydrogen-bond acceptors (Lipinski definition) is 4. The fourth-order valence-electron chi connectivity index (χ4n) is 2.95. The molecule has 7 nitrogen and oxygen atoms in total. The Balaban J connectivity index is 1.67. The van der Waals surface area contributed by atoms with Crippen molar-refractivity contribution in [3.63, 3.8) is 0 Å². The van der Waals surface area contributed by atoms with E-state index in [9.17, 15) is 14.9 Å². The lowest BCUT2D eigenvalue weighted by Crippen LogP contribution is -2.35. The third kappa shape index (κ3) is 2.57. The molecular formula is C18H12ClN5O2. The molecule has 3 aromatic rings. The van der Waals surface area contributed by atoms with Gasteiger partial charge in [-0.05, 0) is 29.8 Å². The molecule has 0 aliphatic carbocycles. The minimum atomic E-state index is -0.526. The van der Waals surface area contributed by atoms with Crippen LogP contribution in [0.1, 0.15) is 17.0 Å². The second-order valence-corrected chi connectivity index (χ2v) is 6.25. The van der Waals surface area contributed by atoms with Crippen LogP contribution < -0.4 is 10.6 Å². The molecule has 4 rings (SSSR count). The van der Waals surface area contributed by atoms with E-state index in [-0.39, 0.29) is 13.1 Å². The number of benzene rings is 2. The number of hydrogen-bond donors (Lipinski definition) is 0. The molecule has 0 saturated carbocycles. The van der Waals surface area contributed by atoms with Gasteiger partial charge in [0.2, 0.25) is 0 Å². The Morgan fingerprint density at radius 3 is 2.69 bits per heavy atom. The number of nitrogens with zero attached hydrogens (tertiary/aromatic N) is 5. The number of fused-ring (bicyclic) bond motifs is 1. The molecule has 0 radical (unpaired) electrons. The highest BCUT2D eigenvalue weighted by molar-refractivity contribution is 6.30. The Bertz CT molecular complexity index is 1130. The van der Waals surface area contributed by atoms with Crippen LogP contribution >= 0.6 is 11.6 Å². The number of carbonyl (C=O) groups is 1. The molecule has 2 heterocycles. The van der Waals surface area contributed by atoms with Gasteiger partial charge in [-0.25, -0.2) is 14.3 Å². The number of halogens is 1. The molecule has 0 fully saturated rings. The molecule has 0 spiro atoms. The van der Waals surface area contributed by atoms with Gasteiger partial charge >= 0.3 is 11.7 Å². The molecule has 0 atom stereocenters. The first kappa shape index (κ1) is 16.1. The molecule has 128 valence electrons. The lowest BCUT2D eigenvalue weighted by molar-refractivity contribution is 0.250. The van der Waals surface area contributed by atoms with Crippen molar-refractivity contribution in [3.05, 3.63) is 81.0 Å². The Kier molecular flexibility index (Phi) is 3.82. The van der Waals surface area contributed by atoms with Crippen molar-refractivity contribution in [1.82, 2.24) is 14.3 Å². The van der Waals surface area contributed by atoms with Gasteiger partial charge in [0.25, 0.3) is 0 Å². The molecule has 1 aliphatic heterocycles. The minimum absolute atomic E-state index is 0.132. The van der Waals surface area contributed by atoms with Crippen LogP contribution in [0.4, 0.5) is 10.5 Å². The maximum absolute atomic E-state index is 12.7. The number of carbonyl (C=O) groups excluding carboxylic acids is 1. The summed E-state index contributed by atoms with van der Waals surface area (Å²) in [4.78, 5) is 26.7. The number of rotatable bonds is 3. The summed E-state index contributed by atoms with van der Waals surface area (Å²) < 4.78 is 2.26. The van der Waals surface area contributed by atoms with Gasteiger partial charge in [0.05, 0.1) is 24.7 Å². The molecule has 0 N–H and O–H groups in total. The largest absolute Gasteiger partial charge is 0.354 e. The average molecular weight is 366 g/mol. The highest BCUT2D eigenvalue weighted by Gasteiger charge is 2.33. The first-order chi connectivity index (χ1) is 12.6. The molecule has 1 aliphatic rings. The monoisotopic (exact) mass is 365 g/mol. The summed E-state index contributed by atoms with van der Waals surface area (Å²) in [6.45, 7) is 0.314. The quantitative estimate of drug-likeness (QED) is 0.714. The maximum atomic E-state index is 12.7. The van der Waals surface area contributed by atoms with Crippen LogP contribution in [0.5, 0.6) is 0 Å². The van der Waals surface area contributed by atoms with Crippen molar-refractivity contribution in [2.45, 2.75) is 13.1 Å². The molecule has 26 heavy (non-hydrogen) atoms. The average Bonchev–Trinajstić information content (AvgIpc) is 3.12. The predicted molar refractivity (Wildman–Crippen MR) is 95.2 cm³/mol. The molecule has 8 heteroatoms. The molecule has 1 amide bonds. The summed E-state index contributed by atoms with van der Waals surface area (Å²) in [5.41, 5.74) is 1.23. The van der Waals surface area contributed by atoms with E-state index in [0.717, 1.165) is 4.57 Å². The van der Waals surface area contributed by atoms with E-state index < -0.39 is 11.7 Å². The van der Waals surface area contributed by atoms with Crippen molar-refractivity contribution in [2.75, 3.05) is 4.90 Å². The highest BCUT2D eigenvalue weighted by atomic mass is 35.5. The van der Waals surface area contributed by atoms with Crippen molar-refractivity contribution in [3.8, 4) is 6.07 Å². The van der Waals surface area contributed by atoms with Crippen LogP contribution in [0.3, 0.4) is 0 Å². The van der Waals surface area contributed by atoms with Crippen LogP contribution in [0.15, 0.2) is 53.3 Å². The molecular weight excluding hydrogens is 354 g/mol. The van der Waals surface area contributed by atoms with E-state index in [2.05, 4.69) is 11.2 Å². The summed E-state index contributed by atoms with van der Waals surface area (Å²) in [6, 6.07) is 15.5. The van der Waals surface area contributed by atoms with Gasteiger partial charge in [0.1, 0.15) is 0 Å². The van der Waals surface area contributed by atoms with Crippen LogP contribution in [-0.4, -0.2) is 20.4 Å². The predicted octanol–water partition coefficient (Wildman–Crippen LogP) is 2.61. The number of nitriles is 1. The fraction of sp³-hybridized carbons (Fsp3) is 0.111. The third-order valence-corrected chi connectivity index (χ3v) is 4.44. The fourth-order valence-corrected chi connectivity index (χ4v) is 3.14. The zero-order valence-electron chi connectivity index (χ0n) is 13.5. The van der Waals surface area contributed by atoms with E-state index in [1.165, 1.54) is 9.58 Å². The highest BCUT2D eigenvalue weighted by Crippen LogP contribution is 2.25. The summed E-state index contributed by atoms with van der Waals surface area (Å²) in [7, 11) is 0. The van der Waals surface area contributed by atoms with Gasteiger partial charge in [-0.2, -0.15) is 14.9 Å². The van der Waals surface area contributed by atoms with Crippen molar-refractivity contribution in [2.24, 2.45) is 0 Å². The van der Waals surface area contributed by atoms with E-state index in [0.29, 0.717) is 27.7 Å². The van der Waals surface area contributed by atoms with Gasteiger partial charge < -0.3 is 0 Å². The zero-order chi connectivity index (χ0) is 18.3. The molecule has 1 aromatic heterocycles. The van der Waals surface area contributed by atoms with Gasteiger partial charge in [-0.3, -0.25) is 4.90 Å². The Labute approximate surface area is 153 Å². The summed E-state index contributed by atoms with van der Waals surface area (Å²) >= 11 is 5.98. The lowest BCUT2D eigenvalue weighted by Gasteiger charge is -2.15. The van der Waals surface area contributed by atoms with Crippen LogP contribution in [0, 0.1) is 11.3 Å². The van der Waals surface area contributed by atoms with Gasteiger partial charge in [-0.15, -0.1) is 0 Å². The van der Waals surface area contributed by atoms with Crippen LogP contribution in [0.2, 0.25) is 5.02 Å². The summed E-state index contributed by atoms with van der Waals surface area (Å²) in [5, 5.41) is 14.0. The first-order valence-corrected chi connectivity index (χ1v) is 8.20. The molecule has 2 aromatic carbocycles. The summed E-state index contributed by atoms with van der Waals surface area (Å²) in [5.74, 6) is 0.356. The first-order valence-electron chi connectivity index (χ1n) is 7.82. The molecule has 0 bridgehead atoms. The topological polar surface area (TPSA) is 83.9 Å². The Morgan fingerprint density at radius 2 is 1.96 bits per heavy atom. The van der Waals surface area contributed by atoms with E-state index >= 15 is 0 Å². The van der Waals surface area contributed by atoms with E-state index in [1.54, 1.807) is 48.5 Å². The minimum Gasteiger partial charge on any atom is -0.286 e. The molecule has 0 unspecified atom stereocenters. The number of aromatic nitrogens is 3. The second kappa shape index (κ2) is 6.17. The van der Waals surface area contributed by atoms with Crippen LogP contribution in [-0.2, 0) is 13.1 Å². The van der Waals surface area contributed by atoms with Gasteiger partial charge in [0.15, 0.2) is 5.82 Å². The Hall–Kier alpha value is -3.37. The third-order valence-electron chi connectivity index (χ3n) is 4.21. The van der Waals surface area contributed by atoms with E-state index in [1.807, 2.05) is 0 Å². The molecule has 0 saturated heterocycles. The number of anilines is 1. The lowest BCUT2D eigenvalue weighted by atomic mass is 10.1. The smallest absolute Gasteiger partial charge is 0.286 e. The normalized spacial score (nSPS) is 12.9. The SMILES string of the molecule is N#Cc1ccccc1Cn1nc2n(c1=O)C(=O)N(c1cccc(Cl)c1)C2. The van der Waals surface area contributed by atoms with Gasteiger partial charge in [-0.1, -0.05) is 35.9 Å². The van der Waals surface area contributed by atoms with Gasteiger partial charge in [0, 0.05) is 10.7 Å². The van der Waals surface area contributed by atoms with Crippen molar-refractivity contribution >= 4 is 23.3 Å². The standard InChI is InChI=1S/C18H12ClN5O2/c19-14-6-3-7-15(8-14)22-11-16-21-23(18(26)24(16)17(22)25)10-13-5-2-1-4-12(13)9-20/h1-8H,10-11H2. The second-order valence-electron chi connectivity index (χ2n) is 5.81.